The highest BCUT2D eigenvalue weighted by molar-refractivity contribution is 5.69. The second-order valence-electron chi connectivity index (χ2n) is 3.98. The fourth-order valence-electron chi connectivity index (χ4n) is 1.43. The fraction of sp³-hybridized carbons (Fsp3) is 0.538. The third kappa shape index (κ3) is 3.65. The van der Waals surface area contributed by atoms with Gasteiger partial charge in [0.2, 0.25) is 0 Å². The molecule has 0 aliphatic rings. The summed E-state index contributed by atoms with van der Waals surface area (Å²) in [6.45, 7) is 4.31. The Balaban J connectivity index is 2.54. The molecule has 0 fully saturated rings. The molecule has 3 nitrogen and oxygen atoms in total. The predicted octanol–water partition coefficient (Wildman–Crippen LogP) is 2.70. The van der Waals surface area contributed by atoms with E-state index in [4.69, 9.17) is 0 Å². The van der Waals surface area contributed by atoms with Crippen LogP contribution in [0.15, 0.2) is 18.3 Å². The molecular formula is C13H19NO2. The van der Waals surface area contributed by atoms with Gasteiger partial charge in [0.05, 0.1) is 7.11 Å². The Hall–Kier alpha value is -1.38. The molecule has 0 saturated carbocycles. The highest BCUT2D eigenvalue weighted by Crippen LogP contribution is 2.16. The maximum absolute atomic E-state index is 11.0. The standard InChI is InChI=1S/C13H19NO2/c1-4-10(2)12-7-5-11(9-14-12)6-8-13(15)16-3/h5,7,9-10H,4,6,8H2,1-3H3. The average molecular weight is 221 g/mol. The summed E-state index contributed by atoms with van der Waals surface area (Å²) in [7, 11) is 1.41. The lowest BCUT2D eigenvalue weighted by Gasteiger charge is -2.08. The van der Waals surface area contributed by atoms with Gasteiger partial charge in [0.1, 0.15) is 0 Å². The van der Waals surface area contributed by atoms with Gasteiger partial charge >= 0.3 is 5.97 Å². The smallest absolute Gasteiger partial charge is 0.305 e. The number of methoxy groups -OCH3 is 1. The van der Waals surface area contributed by atoms with E-state index in [0.29, 0.717) is 18.8 Å². The van der Waals surface area contributed by atoms with Crippen molar-refractivity contribution in [1.82, 2.24) is 4.98 Å². The van der Waals surface area contributed by atoms with E-state index >= 15 is 0 Å². The minimum Gasteiger partial charge on any atom is -0.469 e. The first-order valence-electron chi connectivity index (χ1n) is 5.69. The lowest BCUT2D eigenvalue weighted by Crippen LogP contribution is -2.02. The van der Waals surface area contributed by atoms with Crippen molar-refractivity contribution in [2.45, 2.75) is 39.0 Å². The fourth-order valence-corrected chi connectivity index (χ4v) is 1.43. The van der Waals surface area contributed by atoms with Crippen LogP contribution in [0.25, 0.3) is 0 Å². The average Bonchev–Trinajstić information content (AvgIpc) is 2.35. The van der Waals surface area contributed by atoms with Crippen LogP contribution in [0.4, 0.5) is 0 Å². The van der Waals surface area contributed by atoms with Crippen molar-refractivity contribution >= 4 is 5.97 Å². The Labute approximate surface area is 96.8 Å². The van der Waals surface area contributed by atoms with E-state index in [9.17, 15) is 4.79 Å². The van der Waals surface area contributed by atoms with E-state index in [1.165, 1.54) is 7.11 Å². The maximum atomic E-state index is 11.0. The van der Waals surface area contributed by atoms with Crippen LogP contribution >= 0.6 is 0 Å². The first-order chi connectivity index (χ1) is 7.67. The van der Waals surface area contributed by atoms with Crippen LogP contribution in [0.5, 0.6) is 0 Å². The molecule has 0 aliphatic heterocycles. The minimum absolute atomic E-state index is 0.175. The number of rotatable bonds is 5. The number of hydrogen-bond donors (Lipinski definition) is 0. The van der Waals surface area contributed by atoms with E-state index in [0.717, 1.165) is 17.7 Å². The molecule has 0 saturated heterocycles. The molecule has 0 bridgehead atoms. The number of aryl methyl sites for hydroxylation is 1. The van der Waals surface area contributed by atoms with E-state index in [-0.39, 0.29) is 5.97 Å². The quantitative estimate of drug-likeness (QED) is 0.718. The minimum atomic E-state index is -0.175. The molecule has 1 heterocycles. The largest absolute Gasteiger partial charge is 0.469 e. The van der Waals surface area contributed by atoms with Gasteiger partial charge in [-0.3, -0.25) is 9.78 Å². The van der Waals surface area contributed by atoms with E-state index in [1.54, 1.807) is 0 Å². The molecular weight excluding hydrogens is 202 g/mol. The molecule has 0 aliphatic carbocycles. The van der Waals surface area contributed by atoms with Crippen molar-refractivity contribution in [3.05, 3.63) is 29.6 Å². The van der Waals surface area contributed by atoms with Gasteiger partial charge < -0.3 is 4.74 Å². The number of ether oxygens (including phenoxy) is 1. The Morgan fingerprint density at radius 2 is 2.25 bits per heavy atom. The number of carbonyl (C=O) groups excluding carboxylic acids is 1. The van der Waals surface area contributed by atoms with Gasteiger partial charge in [0.25, 0.3) is 0 Å². The van der Waals surface area contributed by atoms with Crippen molar-refractivity contribution in [2.24, 2.45) is 0 Å². The Bertz CT molecular complexity index is 332. The van der Waals surface area contributed by atoms with Crippen LogP contribution in [-0.4, -0.2) is 18.1 Å². The number of nitrogens with zero attached hydrogens (tertiary/aromatic N) is 1. The molecule has 3 heteroatoms. The van der Waals surface area contributed by atoms with Crippen molar-refractivity contribution in [3.8, 4) is 0 Å². The summed E-state index contributed by atoms with van der Waals surface area (Å²) >= 11 is 0. The van der Waals surface area contributed by atoms with Crippen LogP contribution < -0.4 is 0 Å². The molecule has 1 aromatic heterocycles. The maximum Gasteiger partial charge on any atom is 0.305 e. The highest BCUT2D eigenvalue weighted by atomic mass is 16.5. The SMILES string of the molecule is CCC(C)c1ccc(CCC(=O)OC)cn1. The Morgan fingerprint density at radius 3 is 2.75 bits per heavy atom. The zero-order chi connectivity index (χ0) is 12.0. The zero-order valence-corrected chi connectivity index (χ0v) is 10.2. The van der Waals surface area contributed by atoms with Crippen LogP contribution in [0.2, 0.25) is 0 Å². The second-order valence-corrected chi connectivity index (χ2v) is 3.98. The molecule has 1 rings (SSSR count). The van der Waals surface area contributed by atoms with Gasteiger partial charge in [-0.15, -0.1) is 0 Å². The van der Waals surface area contributed by atoms with E-state index in [2.05, 4.69) is 23.6 Å². The summed E-state index contributed by atoms with van der Waals surface area (Å²) in [6.07, 6.45) is 4.06. The number of carbonyl (C=O) groups is 1. The lowest BCUT2D eigenvalue weighted by molar-refractivity contribution is -0.140. The van der Waals surface area contributed by atoms with Gasteiger partial charge in [0, 0.05) is 18.3 Å². The van der Waals surface area contributed by atoms with Crippen molar-refractivity contribution in [2.75, 3.05) is 7.11 Å². The van der Waals surface area contributed by atoms with Gasteiger partial charge in [-0.25, -0.2) is 0 Å². The van der Waals surface area contributed by atoms with Crippen molar-refractivity contribution in [1.29, 1.82) is 0 Å². The summed E-state index contributed by atoms with van der Waals surface area (Å²) in [6, 6.07) is 4.08. The van der Waals surface area contributed by atoms with Crippen LogP contribution in [0, 0.1) is 0 Å². The molecule has 0 amide bonds. The summed E-state index contributed by atoms with van der Waals surface area (Å²) < 4.78 is 4.59. The van der Waals surface area contributed by atoms with E-state index in [1.807, 2.05) is 18.3 Å². The first kappa shape index (κ1) is 12.7. The first-order valence-corrected chi connectivity index (χ1v) is 5.69. The monoisotopic (exact) mass is 221 g/mol. The Morgan fingerprint density at radius 1 is 1.50 bits per heavy atom. The normalized spacial score (nSPS) is 12.2. The second kappa shape index (κ2) is 6.26. The van der Waals surface area contributed by atoms with Crippen LogP contribution in [-0.2, 0) is 16.0 Å². The molecule has 0 aromatic carbocycles. The van der Waals surface area contributed by atoms with Gasteiger partial charge in [0.15, 0.2) is 0 Å². The van der Waals surface area contributed by atoms with Gasteiger partial charge in [-0.2, -0.15) is 0 Å². The molecule has 1 aromatic rings. The third-order valence-electron chi connectivity index (χ3n) is 2.81. The Kier molecular flexibility index (Phi) is 4.96. The summed E-state index contributed by atoms with van der Waals surface area (Å²) in [5.41, 5.74) is 2.20. The van der Waals surface area contributed by atoms with E-state index < -0.39 is 0 Å². The molecule has 1 unspecified atom stereocenters. The topological polar surface area (TPSA) is 39.2 Å². The summed E-state index contributed by atoms with van der Waals surface area (Å²) in [4.78, 5) is 15.4. The lowest BCUT2D eigenvalue weighted by atomic mass is 10.0. The molecule has 0 radical (unpaired) electrons. The molecule has 88 valence electrons. The van der Waals surface area contributed by atoms with Crippen molar-refractivity contribution < 1.29 is 9.53 Å². The molecule has 0 spiro atoms. The van der Waals surface area contributed by atoms with Gasteiger partial charge in [-0.1, -0.05) is 19.9 Å². The predicted molar refractivity (Wildman–Crippen MR) is 63.3 cm³/mol. The molecule has 1 atom stereocenters. The number of aromatic nitrogens is 1. The van der Waals surface area contributed by atoms with Crippen molar-refractivity contribution in [3.63, 3.8) is 0 Å². The van der Waals surface area contributed by atoms with Gasteiger partial charge in [-0.05, 0) is 30.4 Å². The number of hydrogen-bond acceptors (Lipinski definition) is 3. The third-order valence-corrected chi connectivity index (χ3v) is 2.81. The highest BCUT2D eigenvalue weighted by Gasteiger charge is 2.05. The molecule has 0 N–H and O–H groups in total. The number of pyridine rings is 1. The van der Waals surface area contributed by atoms with Crippen LogP contribution in [0.1, 0.15) is 43.9 Å². The summed E-state index contributed by atoms with van der Waals surface area (Å²) in [5, 5.41) is 0. The zero-order valence-electron chi connectivity index (χ0n) is 10.2. The van der Waals surface area contributed by atoms with Crippen LogP contribution in [0.3, 0.4) is 0 Å². The number of esters is 1. The molecule has 16 heavy (non-hydrogen) atoms. The summed E-state index contributed by atoms with van der Waals surface area (Å²) in [5.74, 6) is 0.320.